The Kier molecular flexibility index (Phi) is 3.47. The predicted octanol–water partition coefficient (Wildman–Crippen LogP) is 3.59. The zero-order valence-corrected chi connectivity index (χ0v) is 12.2. The Hall–Kier alpha value is -2.21. The van der Waals surface area contributed by atoms with Crippen molar-refractivity contribution < 1.29 is 9.47 Å². The molecule has 0 aliphatic heterocycles. The van der Waals surface area contributed by atoms with E-state index in [1.807, 2.05) is 30.3 Å². The summed E-state index contributed by atoms with van der Waals surface area (Å²) in [5.74, 6) is 1.34. The van der Waals surface area contributed by atoms with Crippen molar-refractivity contribution in [2.75, 3.05) is 7.11 Å². The van der Waals surface area contributed by atoms with E-state index >= 15 is 0 Å². The molecule has 0 aliphatic rings. The van der Waals surface area contributed by atoms with Crippen LogP contribution in [0.2, 0.25) is 0 Å². The number of aromatic nitrogens is 3. The fourth-order valence-electron chi connectivity index (χ4n) is 1.70. The molecule has 3 rings (SSSR count). The van der Waals surface area contributed by atoms with E-state index in [0.29, 0.717) is 5.75 Å². The summed E-state index contributed by atoms with van der Waals surface area (Å²) >= 11 is 3.41. The van der Waals surface area contributed by atoms with Gasteiger partial charge in [-0.3, -0.25) is 0 Å². The van der Waals surface area contributed by atoms with Gasteiger partial charge in [-0.15, -0.1) is 5.10 Å². The van der Waals surface area contributed by atoms with Crippen molar-refractivity contribution in [3.05, 3.63) is 46.9 Å². The normalized spacial score (nSPS) is 10.5. The molecule has 5 nitrogen and oxygen atoms in total. The molecule has 100 valence electrons. The lowest BCUT2D eigenvalue weighted by molar-refractivity contribution is 0.409. The second-order valence-corrected chi connectivity index (χ2v) is 4.84. The number of nitrogens with zero attached hydrogens (tertiary/aromatic N) is 3. The number of para-hydroxylation sites is 1. The minimum absolute atomic E-state index is 0.203. The first-order chi connectivity index (χ1) is 9.76. The molecule has 2 aromatic carbocycles. The molecule has 0 amide bonds. The maximum atomic E-state index is 5.63. The number of benzene rings is 2. The second kappa shape index (κ2) is 5.42. The highest BCUT2D eigenvalue weighted by Crippen LogP contribution is 2.31. The van der Waals surface area contributed by atoms with Gasteiger partial charge in [-0.2, -0.15) is 4.98 Å². The number of halogens is 1. The van der Waals surface area contributed by atoms with Gasteiger partial charge in [0.05, 0.1) is 17.1 Å². The lowest BCUT2D eigenvalue weighted by Crippen LogP contribution is -1.96. The lowest BCUT2D eigenvalue weighted by atomic mass is 10.3. The van der Waals surface area contributed by atoms with Crippen LogP contribution in [0.4, 0.5) is 0 Å². The summed E-state index contributed by atoms with van der Waals surface area (Å²) in [5.41, 5.74) is 1.47. The summed E-state index contributed by atoms with van der Waals surface area (Å²) in [4.78, 5) is 4.31. The quantitative estimate of drug-likeness (QED) is 0.734. The van der Waals surface area contributed by atoms with Crippen LogP contribution in [-0.2, 0) is 0 Å². The Bertz CT molecular complexity index is 764. The van der Waals surface area contributed by atoms with Crippen LogP contribution in [0, 0.1) is 0 Å². The van der Waals surface area contributed by atoms with Crippen molar-refractivity contribution in [3.63, 3.8) is 0 Å². The Morgan fingerprint density at radius 3 is 2.55 bits per heavy atom. The largest absolute Gasteiger partial charge is 0.497 e. The molecule has 1 aromatic heterocycles. The maximum absolute atomic E-state index is 5.63. The molecule has 0 bridgehead atoms. The van der Waals surface area contributed by atoms with Gasteiger partial charge in [0.1, 0.15) is 17.0 Å². The average molecular weight is 332 g/mol. The molecular formula is C14H10BrN3O2. The van der Waals surface area contributed by atoms with Crippen molar-refractivity contribution in [1.82, 2.24) is 15.2 Å². The summed E-state index contributed by atoms with van der Waals surface area (Å²) in [7, 11) is 1.61. The molecule has 0 radical (unpaired) electrons. The standard InChI is InChI=1S/C14H10BrN3O2/c1-19-9-6-7-13(10(15)8-9)20-14-16-11-4-2-3-5-12(11)17-18-14/h2-8H,1H3. The molecule has 6 heteroatoms. The number of ether oxygens (including phenoxy) is 2. The maximum Gasteiger partial charge on any atom is 0.341 e. The summed E-state index contributed by atoms with van der Waals surface area (Å²) in [6.45, 7) is 0. The summed E-state index contributed by atoms with van der Waals surface area (Å²) < 4.78 is 11.5. The van der Waals surface area contributed by atoms with Crippen LogP contribution in [0.5, 0.6) is 17.5 Å². The molecule has 0 spiro atoms. The zero-order valence-electron chi connectivity index (χ0n) is 10.6. The Morgan fingerprint density at radius 2 is 1.80 bits per heavy atom. The highest BCUT2D eigenvalue weighted by atomic mass is 79.9. The highest BCUT2D eigenvalue weighted by molar-refractivity contribution is 9.10. The Morgan fingerprint density at radius 1 is 1.00 bits per heavy atom. The first-order valence-corrected chi connectivity index (χ1v) is 6.66. The third-order valence-corrected chi connectivity index (χ3v) is 3.30. The number of hydrogen-bond acceptors (Lipinski definition) is 5. The molecule has 20 heavy (non-hydrogen) atoms. The smallest absolute Gasteiger partial charge is 0.341 e. The number of hydrogen-bond donors (Lipinski definition) is 0. The molecule has 0 unspecified atom stereocenters. The third-order valence-electron chi connectivity index (χ3n) is 2.68. The summed E-state index contributed by atoms with van der Waals surface area (Å²) in [5, 5.41) is 8.01. The van der Waals surface area contributed by atoms with Gasteiger partial charge in [-0.1, -0.05) is 17.2 Å². The van der Waals surface area contributed by atoms with Gasteiger partial charge >= 0.3 is 6.01 Å². The van der Waals surface area contributed by atoms with Crippen LogP contribution in [-0.4, -0.2) is 22.3 Å². The van der Waals surface area contributed by atoms with Gasteiger partial charge in [-0.05, 0) is 46.3 Å². The second-order valence-electron chi connectivity index (χ2n) is 3.98. The van der Waals surface area contributed by atoms with Crippen molar-refractivity contribution >= 4 is 27.0 Å². The molecule has 1 heterocycles. The van der Waals surface area contributed by atoms with Crippen LogP contribution in [0.1, 0.15) is 0 Å². The predicted molar refractivity (Wildman–Crippen MR) is 78.1 cm³/mol. The van der Waals surface area contributed by atoms with Gasteiger partial charge in [0.25, 0.3) is 0 Å². The topological polar surface area (TPSA) is 57.1 Å². The third kappa shape index (κ3) is 2.55. The minimum Gasteiger partial charge on any atom is -0.497 e. The van der Waals surface area contributed by atoms with Gasteiger partial charge in [-0.25, -0.2) is 0 Å². The first-order valence-electron chi connectivity index (χ1n) is 5.87. The van der Waals surface area contributed by atoms with E-state index in [-0.39, 0.29) is 6.01 Å². The van der Waals surface area contributed by atoms with Crippen LogP contribution in [0.3, 0.4) is 0 Å². The molecular weight excluding hydrogens is 322 g/mol. The SMILES string of the molecule is COc1ccc(Oc2nnc3ccccc3n2)c(Br)c1. The van der Waals surface area contributed by atoms with Crippen LogP contribution in [0.15, 0.2) is 46.9 Å². The van der Waals surface area contributed by atoms with E-state index < -0.39 is 0 Å². The van der Waals surface area contributed by atoms with Crippen LogP contribution < -0.4 is 9.47 Å². The Balaban J connectivity index is 1.92. The van der Waals surface area contributed by atoms with Crippen LogP contribution >= 0.6 is 15.9 Å². The molecule has 0 saturated heterocycles. The number of rotatable bonds is 3. The van der Waals surface area contributed by atoms with Crippen molar-refractivity contribution in [2.24, 2.45) is 0 Å². The first kappa shape index (κ1) is 12.8. The molecule has 0 saturated carbocycles. The lowest BCUT2D eigenvalue weighted by Gasteiger charge is -2.07. The van der Waals surface area contributed by atoms with E-state index in [1.165, 1.54) is 0 Å². The zero-order chi connectivity index (χ0) is 13.9. The van der Waals surface area contributed by atoms with E-state index in [9.17, 15) is 0 Å². The van der Waals surface area contributed by atoms with Crippen molar-refractivity contribution in [3.8, 4) is 17.5 Å². The van der Waals surface area contributed by atoms with E-state index in [1.54, 1.807) is 19.2 Å². The van der Waals surface area contributed by atoms with Gasteiger partial charge in [0, 0.05) is 0 Å². The fraction of sp³-hybridized carbons (Fsp3) is 0.0714. The van der Waals surface area contributed by atoms with Crippen molar-refractivity contribution in [1.29, 1.82) is 0 Å². The van der Waals surface area contributed by atoms with Gasteiger partial charge in [0.2, 0.25) is 0 Å². The van der Waals surface area contributed by atoms with Crippen molar-refractivity contribution in [2.45, 2.75) is 0 Å². The molecule has 0 fully saturated rings. The number of methoxy groups -OCH3 is 1. The highest BCUT2D eigenvalue weighted by Gasteiger charge is 2.08. The van der Waals surface area contributed by atoms with Gasteiger partial charge < -0.3 is 9.47 Å². The Labute approximate surface area is 123 Å². The van der Waals surface area contributed by atoms with Crippen LogP contribution in [0.25, 0.3) is 11.0 Å². The molecule has 0 aliphatic carbocycles. The fourth-order valence-corrected chi connectivity index (χ4v) is 2.14. The molecule has 0 atom stereocenters. The minimum atomic E-state index is 0.203. The summed E-state index contributed by atoms with van der Waals surface area (Å²) in [6, 6.07) is 13.1. The monoisotopic (exact) mass is 331 g/mol. The van der Waals surface area contributed by atoms with E-state index in [2.05, 4.69) is 31.1 Å². The average Bonchev–Trinajstić information content (AvgIpc) is 2.49. The number of fused-ring (bicyclic) bond motifs is 1. The van der Waals surface area contributed by atoms with Gasteiger partial charge in [0.15, 0.2) is 0 Å². The molecule has 0 N–H and O–H groups in total. The van der Waals surface area contributed by atoms with E-state index in [4.69, 9.17) is 9.47 Å². The molecule has 3 aromatic rings. The van der Waals surface area contributed by atoms with E-state index in [0.717, 1.165) is 21.3 Å². The summed E-state index contributed by atoms with van der Waals surface area (Å²) in [6.07, 6.45) is 0.